The molecule has 0 unspecified atom stereocenters. The molecule has 2 aromatic rings. The number of hydrogen-bond donors (Lipinski definition) is 1. The van der Waals surface area contributed by atoms with Crippen molar-refractivity contribution in [2.75, 3.05) is 13.1 Å². The van der Waals surface area contributed by atoms with Crippen molar-refractivity contribution in [1.29, 1.82) is 0 Å². The molecule has 1 aromatic carbocycles. The number of rotatable bonds is 6. The van der Waals surface area contributed by atoms with Gasteiger partial charge in [-0.2, -0.15) is 0 Å². The highest BCUT2D eigenvalue weighted by Gasteiger charge is 2.18. The first-order valence-electron chi connectivity index (χ1n) is 8.85. The van der Waals surface area contributed by atoms with Crippen molar-refractivity contribution in [2.24, 2.45) is 0 Å². The minimum atomic E-state index is -0.168. The molecular weight excluding hydrogens is 336 g/mol. The SMILES string of the molecule is CCCn1c(SCc2cccc(C(=O)N3CCCCC3)c2)n[nH]c1=O. The smallest absolute Gasteiger partial charge is 0.339 e. The minimum Gasteiger partial charge on any atom is -0.339 e. The maximum Gasteiger partial charge on any atom is 0.343 e. The lowest BCUT2D eigenvalue weighted by molar-refractivity contribution is 0.0724. The Morgan fingerprint density at radius 1 is 1.28 bits per heavy atom. The molecule has 1 fully saturated rings. The summed E-state index contributed by atoms with van der Waals surface area (Å²) >= 11 is 1.51. The normalized spacial score (nSPS) is 14.7. The Morgan fingerprint density at radius 2 is 2.08 bits per heavy atom. The van der Waals surface area contributed by atoms with Gasteiger partial charge in [-0.1, -0.05) is 30.8 Å². The first-order valence-corrected chi connectivity index (χ1v) is 9.84. The number of piperidine rings is 1. The fraction of sp³-hybridized carbons (Fsp3) is 0.500. The van der Waals surface area contributed by atoms with Crippen LogP contribution >= 0.6 is 11.8 Å². The molecule has 1 aliphatic rings. The van der Waals surface area contributed by atoms with Gasteiger partial charge < -0.3 is 4.90 Å². The van der Waals surface area contributed by atoms with Crippen LogP contribution in [0.1, 0.15) is 48.5 Å². The molecule has 3 rings (SSSR count). The maximum atomic E-state index is 12.6. The molecule has 1 saturated heterocycles. The number of benzene rings is 1. The number of likely N-dealkylation sites (tertiary alicyclic amines) is 1. The zero-order chi connectivity index (χ0) is 17.6. The lowest BCUT2D eigenvalue weighted by Crippen LogP contribution is -2.35. The predicted octanol–water partition coefficient (Wildman–Crippen LogP) is 2.90. The second kappa shape index (κ2) is 8.38. The molecule has 0 saturated carbocycles. The molecular formula is C18H24N4O2S. The van der Waals surface area contributed by atoms with Crippen molar-refractivity contribution in [2.45, 2.75) is 50.1 Å². The van der Waals surface area contributed by atoms with Crippen LogP contribution in [0.5, 0.6) is 0 Å². The van der Waals surface area contributed by atoms with Gasteiger partial charge >= 0.3 is 5.69 Å². The topological polar surface area (TPSA) is 71.0 Å². The lowest BCUT2D eigenvalue weighted by atomic mass is 10.1. The third kappa shape index (κ3) is 4.34. The number of carbonyl (C=O) groups excluding carboxylic acids is 1. The van der Waals surface area contributed by atoms with E-state index in [9.17, 15) is 9.59 Å². The first kappa shape index (κ1) is 17.8. The summed E-state index contributed by atoms with van der Waals surface area (Å²) < 4.78 is 1.66. The van der Waals surface area contributed by atoms with Crippen LogP contribution in [0, 0.1) is 0 Å². The number of H-pyrrole nitrogens is 1. The summed E-state index contributed by atoms with van der Waals surface area (Å²) in [5.74, 6) is 0.795. The van der Waals surface area contributed by atoms with Crippen molar-refractivity contribution in [3.05, 3.63) is 45.9 Å². The Kier molecular flexibility index (Phi) is 5.96. The van der Waals surface area contributed by atoms with E-state index in [2.05, 4.69) is 10.2 Å². The molecule has 0 spiro atoms. The van der Waals surface area contributed by atoms with Crippen LogP contribution in [0.4, 0.5) is 0 Å². The van der Waals surface area contributed by atoms with E-state index in [4.69, 9.17) is 0 Å². The maximum absolute atomic E-state index is 12.6. The lowest BCUT2D eigenvalue weighted by Gasteiger charge is -2.26. The summed E-state index contributed by atoms with van der Waals surface area (Å²) in [6.07, 6.45) is 4.28. The van der Waals surface area contributed by atoms with E-state index in [-0.39, 0.29) is 11.6 Å². The van der Waals surface area contributed by atoms with Crippen molar-refractivity contribution < 1.29 is 4.79 Å². The fourth-order valence-electron chi connectivity index (χ4n) is 3.06. The highest BCUT2D eigenvalue weighted by Crippen LogP contribution is 2.21. The van der Waals surface area contributed by atoms with Gasteiger partial charge in [0, 0.05) is 31.0 Å². The van der Waals surface area contributed by atoms with Crippen LogP contribution in [0.25, 0.3) is 0 Å². The standard InChI is InChI=1S/C18H24N4O2S/c1-2-9-22-17(24)19-20-18(22)25-13-14-7-6-8-15(12-14)16(23)21-10-4-3-5-11-21/h6-8,12H,2-5,9-11,13H2,1H3,(H,19,24). The van der Waals surface area contributed by atoms with Crippen LogP contribution in [-0.2, 0) is 12.3 Å². The summed E-state index contributed by atoms with van der Waals surface area (Å²) in [7, 11) is 0. The molecule has 7 heteroatoms. The predicted molar refractivity (Wildman–Crippen MR) is 98.9 cm³/mol. The molecule has 1 amide bonds. The second-order valence-corrected chi connectivity index (χ2v) is 7.25. The number of amides is 1. The van der Waals surface area contributed by atoms with Crippen molar-refractivity contribution >= 4 is 17.7 Å². The number of aromatic amines is 1. The summed E-state index contributed by atoms with van der Waals surface area (Å²) in [6, 6.07) is 7.77. The molecule has 6 nitrogen and oxygen atoms in total. The van der Waals surface area contributed by atoms with E-state index in [0.717, 1.165) is 43.5 Å². The number of carbonyl (C=O) groups is 1. The van der Waals surface area contributed by atoms with Crippen LogP contribution in [0.15, 0.2) is 34.2 Å². The molecule has 0 atom stereocenters. The van der Waals surface area contributed by atoms with Crippen molar-refractivity contribution in [1.82, 2.24) is 19.7 Å². The number of nitrogens with one attached hydrogen (secondary N) is 1. The van der Waals surface area contributed by atoms with Crippen molar-refractivity contribution in [3.63, 3.8) is 0 Å². The highest BCUT2D eigenvalue weighted by molar-refractivity contribution is 7.98. The molecule has 2 heterocycles. The van der Waals surface area contributed by atoms with Gasteiger partial charge in [0.2, 0.25) is 0 Å². The number of thioether (sulfide) groups is 1. The summed E-state index contributed by atoms with van der Waals surface area (Å²) in [5, 5.41) is 7.29. The van der Waals surface area contributed by atoms with Crippen LogP contribution < -0.4 is 5.69 Å². The van der Waals surface area contributed by atoms with E-state index in [1.807, 2.05) is 36.1 Å². The molecule has 0 radical (unpaired) electrons. The van der Waals surface area contributed by atoms with Gasteiger partial charge in [0.05, 0.1) is 0 Å². The average molecular weight is 360 g/mol. The van der Waals surface area contributed by atoms with Gasteiger partial charge in [-0.15, -0.1) is 5.10 Å². The van der Waals surface area contributed by atoms with E-state index in [1.54, 1.807) is 4.57 Å². The van der Waals surface area contributed by atoms with Gasteiger partial charge in [-0.05, 0) is 43.4 Å². The molecule has 134 valence electrons. The molecule has 1 N–H and O–H groups in total. The number of aromatic nitrogens is 3. The van der Waals surface area contributed by atoms with E-state index in [1.165, 1.54) is 18.2 Å². The molecule has 1 aromatic heterocycles. The Bertz CT molecular complexity index is 777. The molecule has 0 bridgehead atoms. The van der Waals surface area contributed by atoms with Gasteiger partial charge in [0.1, 0.15) is 0 Å². The van der Waals surface area contributed by atoms with E-state index >= 15 is 0 Å². The highest BCUT2D eigenvalue weighted by atomic mass is 32.2. The zero-order valence-corrected chi connectivity index (χ0v) is 15.3. The van der Waals surface area contributed by atoms with Gasteiger partial charge in [0.15, 0.2) is 5.16 Å². The van der Waals surface area contributed by atoms with Crippen LogP contribution in [0.3, 0.4) is 0 Å². The van der Waals surface area contributed by atoms with Gasteiger partial charge in [-0.25, -0.2) is 9.89 Å². The Balaban J connectivity index is 1.67. The minimum absolute atomic E-state index is 0.120. The largest absolute Gasteiger partial charge is 0.343 e. The Labute approximate surface area is 151 Å². The zero-order valence-electron chi connectivity index (χ0n) is 14.5. The molecule has 1 aliphatic heterocycles. The molecule has 25 heavy (non-hydrogen) atoms. The van der Waals surface area contributed by atoms with E-state index < -0.39 is 0 Å². The van der Waals surface area contributed by atoms with Gasteiger partial charge in [-0.3, -0.25) is 9.36 Å². The third-order valence-electron chi connectivity index (χ3n) is 4.36. The molecule has 0 aliphatic carbocycles. The summed E-state index contributed by atoms with van der Waals surface area (Å²) in [4.78, 5) is 26.3. The third-order valence-corrected chi connectivity index (χ3v) is 5.40. The quantitative estimate of drug-likeness (QED) is 0.804. The van der Waals surface area contributed by atoms with Crippen LogP contribution in [0.2, 0.25) is 0 Å². The van der Waals surface area contributed by atoms with E-state index in [0.29, 0.717) is 17.5 Å². The Hall–Kier alpha value is -2.02. The summed E-state index contributed by atoms with van der Waals surface area (Å²) in [5.41, 5.74) is 1.64. The fourth-order valence-corrected chi connectivity index (χ4v) is 3.97. The monoisotopic (exact) mass is 360 g/mol. The van der Waals surface area contributed by atoms with Crippen molar-refractivity contribution in [3.8, 4) is 0 Å². The second-order valence-electron chi connectivity index (χ2n) is 6.30. The number of nitrogens with zero attached hydrogens (tertiary/aromatic N) is 3. The summed E-state index contributed by atoms with van der Waals surface area (Å²) in [6.45, 7) is 4.40. The van der Waals surface area contributed by atoms with Crippen LogP contribution in [-0.4, -0.2) is 38.7 Å². The van der Waals surface area contributed by atoms with Gasteiger partial charge in [0.25, 0.3) is 5.91 Å². The first-order chi connectivity index (χ1) is 12.2. The average Bonchev–Trinajstić information content (AvgIpc) is 3.01. The Morgan fingerprint density at radius 3 is 2.84 bits per heavy atom. The number of hydrogen-bond acceptors (Lipinski definition) is 4.